The molecule has 8 nitrogen and oxygen atoms in total. The van der Waals surface area contributed by atoms with E-state index >= 15 is 0 Å². The molecule has 2 aliphatic heterocycles. The highest BCUT2D eigenvalue weighted by atomic mass is 16.5. The summed E-state index contributed by atoms with van der Waals surface area (Å²) < 4.78 is 12.9. The lowest BCUT2D eigenvalue weighted by Gasteiger charge is -2.40. The number of hydrogen-bond acceptors (Lipinski definition) is 5. The lowest BCUT2D eigenvalue weighted by molar-refractivity contribution is -0.140. The first kappa shape index (κ1) is 27.7. The first-order valence-corrected chi connectivity index (χ1v) is 13.4. The number of aromatic nitrogens is 1. The van der Waals surface area contributed by atoms with Crippen molar-refractivity contribution >= 4 is 11.8 Å². The van der Waals surface area contributed by atoms with E-state index in [4.69, 9.17) is 9.47 Å². The van der Waals surface area contributed by atoms with Gasteiger partial charge in [0.15, 0.2) is 0 Å². The Balaban J connectivity index is 1.79. The molecule has 2 amide bonds. The second kappa shape index (κ2) is 13.4. The molecule has 1 aromatic rings. The zero-order valence-corrected chi connectivity index (χ0v) is 22.4. The maximum absolute atomic E-state index is 14.0. The maximum Gasteiger partial charge on any atom is 0.270 e. The summed E-state index contributed by atoms with van der Waals surface area (Å²) in [5, 5.41) is 3.46. The van der Waals surface area contributed by atoms with Gasteiger partial charge in [0.1, 0.15) is 5.69 Å². The molecule has 2 aliphatic rings. The minimum atomic E-state index is -0.110. The average molecular weight is 491 g/mol. The number of nitrogens with zero attached hydrogens (tertiary/aromatic N) is 3. The number of ether oxygens (including phenoxy) is 2. The highest BCUT2D eigenvalue weighted by molar-refractivity contribution is 5.93. The molecule has 0 spiro atoms. The number of hydrogen-bond donors (Lipinski definition) is 1. The molecule has 198 valence electrons. The van der Waals surface area contributed by atoms with Gasteiger partial charge >= 0.3 is 0 Å². The molecule has 0 bridgehead atoms. The molecule has 2 fully saturated rings. The SMILES string of the molecule is COCCCCn1c(C(=O)N(CC(C)C)C2CNC[C@H](C(=O)N3CCOCC3)C2)ccc1C(C)C. The molecule has 0 saturated carbocycles. The maximum atomic E-state index is 14.0. The summed E-state index contributed by atoms with van der Waals surface area (Å²) in [6.07, 6.45) is 2.63. The van der Waals surface area contributed by atoms with Crippen molar-refractivity contribution in [1.29, 1.82) is 0 Å². The number of amides is 2. The van der Waals surface area contributed by atoms with Gasteiger partial charge in [-0.05, 0) is 43.2 Å². The fourth-order valence-electron chi connectivity index (χ4n) is 5.27. The van der Waals surface area contributed by atoms with Crippen molar-refractivity contribution in [3.63, 3.8) is 0 Å². The Hall–Kier alpha value is -1.90. The van der Waals surface area contributed by atoms with Gasteiger partial charge in [0.05, 0.1) is 19.1 Å². The predicted molar refractivity (Wildman–Crippen MR) is 138 cm³/mol. The average Bonchev–Trinajstić information content (AvgIpc) is 3.29. The van der Waals surface area contributed by atoms with Crippen LogP contribution in [0.5, 0.6) is 0 Å². The molecule has 1 N–H and O–H groups in total. The van der Waals surface area contributed by atoms with Crippen LogP contribution in [0, 0.1) is 11.8 Å². The van der Waals surface area contributed by atoms with Gasteiger partial charge in [-0.25, -0.2) is 0 Å². The quantitative estimate of drug-likeness (QED) is 0.483. The summed E-state index contributed by atoms with van der Waals surface area (Å²) in [6, 6.07) is 4.09. The third-order valence-corrected chi connectivity index (χ3v) is 7.07. The molecular formula is C27H46N4O4. The summed E-state index contributed by atoms with van der Waals surface area (Å²) in [5.74, 6) is 0.824. The lowest BCUT2D eigenvalue weighted by Crippen LogP contribution is -2.56. The van der Waals surface area contributed by atoms with E-state index in [1.165, 1.54) is 5.69 Å². The van der Waals surface area contributed by atoms with E-state index in [1.807, 2.05) is 15.9 Å². The second-order valence-corrected chi connectivity index (χ2v) is 10.7. The Kier molecular flexibility index (Phi) is 10.6. The van der Waals surface area contributed by atoms with E-state index in [-0.39, 0.29) is 23.8 Å². The van der Waals surface area contributed by atoms with E-state index in [9.17, 15) is 9.59 Å². The van der Waals surface area contributed by atoms with Crippen LogP contribution in [0.15, 0.2) is 12.1 Å². The number of carbonyl (C=O) groups is 2. The fraction of sp³-hybridized carbons (Fsp3) is 0.778. The smallest absolute Gasteiger partial charge is 0.270 e. The summed E-state index contributed by atoms with van der Waals surface area (Å²) in [7, 11) is 1.73. The van der Waals surface area contributed by atoms with Gasteiger partial charge < -0.3 is 29.2 Å². The van der Waals surface area contributed by atoms with E-state index in [1.54, 1.807) is 7.11 Å². The number of unbranched alkanes of at least 4 members (excludes halogenated alkanes) is 1. The molecule has 0 radical (unpaired) electrons. The van der Waals surface area contributed by atoms with Crippen molar-refractivity contribution in [2.75, 3.05) is 59.7 Å². The number of methoxy groups -OCH3 is 1. The summed E-state index contributed by atoms with van der Waals surface area (Å²) in [4.78, 5) is 31.2. The van der Waals surface area contributed by atoms with E-state index in [0.717, 1.165) is 38.2 Å². The molecule has 1 aromatic heterocycles. The van der Waals surface area contributed by atoms with Crippen LogP contribution in [0.1, 0.15) is 69.1 Å². The van der Waals surface area contributed by atoms with Crippen molar-refractivity contribution in [2.24, 2.45) is 11.8 Å². The predicted octanol–water partition coefficient (Wildman–Crippen LogP) is 2.97. The van der Waals surface area contributed by atoms with Crippen molar-refractivity contribution in [1.82, 2.24) is 19.7 Å². The summed E-state index contributed by atoms with van der Waals surface area (Å²) in [5.41, 5.74) is 1.95. The molecule has 2 atom stereocenters. The minimum Gasteiger partial charge on any atom is -0.385 e. The zero-order valence-electron chi connectivity index (χ0n) is 22.4. The number of morpholine rings is 1. The van der Waals surface area contributed by atoms with Crippen LogP contribution in [0.4, 0.5) is 0 Å². The normalized spacial score (nSPS) is 21.1. The first-order valence-electron chi connectivity index (χ1n) is 13.4. The van der Waals surface area contributed by atoms with Crippen LogP contribution in [0.25, 0.3) is 0 Å². The van der Waals surface area contributed by atoms with Crippen molar-refractivity contribution in [2.45, 2.75) is 65.5 Å². The lowest BCUT2D eigenvalue weighted by atomic mass is 9.92. The first-order chi connectivity index (χ1) is 16.8. The van der Waals surface area contributed by atoms with Gasteiger partial charge in [-0.3, -0.25) is 9.59 Å². The van der Waals surface area contributed by atoms with Crippen molar-refractivity contribution < 1.29 is 19.1 Å². The number of piperidine rings is 1. The molecule has 2 saturated heterocycles. The van der Waals surface area contributed by atoms with Crippen LogP contribution >= 0.6 is 0 Å². The van der Waals surface area contributed by atoms with Crippen LogP contribution in [-0.2, 0) is 20.8 Å². The number of rotatable bonds is 11. The Morgan fingerprint density at radius 3 is 2.54 bits per heavy atom. The molecule has 3 rings (SSSR count). The van der Waals surface area contributed by atoms with Crippen LogP contribution in [0.2, 0.25) is 0 Å². The third kappa shape index (κ3) is 7.30. The van der Waals surface area contributed by atoms with Gasteiger partial charge in [-0.15, -0.1) is 0 Å². The molecule has 8 heteroatoms. The van der Waals surface area contributed by atoms with Gasteiger partial charge in [0.25, 0.3) is 5.91 Å². The second-order valence-electron chi connectivity index (χ2n) is 10.7. The Morgan fingerprint density at radius 2 is 1.89 bits per heavy atom. The van der Waals surface area contributed by atoms with Gasteiger partial charge in [0.2, 0.25) is 5.91 Å². The molecule has 1 unspecified atom stereocenters. The zero-order chi connectivity index (χ0) is 25.4. The number of nitrogens with one attached hydrogen (secondary N) is 1. The van der Waals surface area contributed by atoms with Crippen LogP contribution in [-0.4, -0.2) is 91.9 Å². The molecule has 3 heterocycles. The van der Waals surface area contributed by atoms with Gasteiger partial charge in [0, 0.05) is 64.7 Å². The Bertz CT molecular complexity index is 816. The molecule has 0 aliphatic carbocycles. The monoisotopic (exact) mass is 490 g/mol. The van der Waals surface area contributed by atoms with E-state index < -0.39 is 0 Å². The van der Waals surface area contributed by atoms with Crippen molar-refractivity contribution in [3.05, 3.63) is 23.5 Å². The molecule has 35 heavy (non-hydrogen) atoms. The fourth-order valence-corrected chi connectivity index (χ4v) is 5.27. The van der Waals surface area contributed by atoms with Gasteiger partial charge in [-0.2, -0.15) is 0 Å². The van der Waals surface area contributed by atoms with Crippen LogP contribution < -0.4 is 5.32 Å². The summed E-state index contributed by atoms with van der Waals surface area (Å²) in [6.45, 7) is 14.8. The van der Waals surface area contributed by atoms with E-state index in [2.05, 4.69) is 43.6 Å². The topological polar surface area (TPSA) is 76.0 Å². The third-order valence-electron chi connectivity index (χ3n) is 7.07. The van der Waals surface area contributed by atoms with Gasteiger partial charge in [-0.1, -0.05) is 27.7 Å². The van der Waals surface area contributed by atoms with Crippen LogP contribution in [0.3, 0.4) is 0 Å². The Labute approximate surface area is 211 Å². The van der Waals surface area contributed by atoms with E-state index in [0.29, 0.717) is 57.6 Å². The highest BCUT2D eigenvalue weighted by Crippen LogP contribution is 2.25. The standard InChI is InChI=1S/C27H46N4O4/c1-20(2)19-31(23-16-22(17-28-18-23)26(32)29-11-14-35-15-12-29)27(33)25-9-8-24(21(3)4)30(25)10-6-7-13-34-5/h8-9,20-23,28H,6-7,10-19H2,1-5H3/t22-,23?/m1/s1. The Morgan fingerprint density at radius 1 is 1.14 bits per heavy atom. The number of carbonyl (C=O) groups excluding carboxylic acids is 2. The largest absolute Gasteiger partial charge is 0.385 e. The minimum absolute atomic E-state index is 0.00650. The van der Waals surface area contributed by atoms with Crippen molar-refractivity contribution in [3.8, 4) is 0 Å². The summed E-state index contributed by atoms with van der Waals surface area (Å²) >= 11 is 0. The molecule has 0 aromatic carbocycles. The molecular weight excluding hydrogens is 444 g/mol. The highest BCUT2D eigenvalue weighted by Gasteiger charge is 2.36.